The average molecular weight is 235 g/mol. The molecule has 3 atom stereocenters. The van der Waals surface area contributed by atoms with Crippen LogP contribution in [0.25, 0.3) is 0 Å². The molecular formula is C14H21NS. The highest BCUT2D eigenvalue weighted by Crippen LogP contribution is 2.45. The van der Waals surface area contributed by atoms with Gasteiger partial charge in [0, 0.05) is 17.0 Å². The summed E-state index contributed by atoms with van der Waals surface area (Å²) in [7, 11) is 0. The lowest BCUT2D eigenvalue weighted by Crippen LogP contribution is -2.25. The maximum Gasteiger partial charge on any atom is 0.0445 e. The number of hydrogen-bond acceptors (Lipinski definition) is 2. The molecule has 3 rings (SSSR count). The van der Waals surface area contributed by atoms with Crippen LogP contribution < -0.4 is 5.32 Å². The van der Waals surface area contributed by atoms with Gasteiger partial charge in [0.25, 0.3) is 0 Å². The molecule has 0 aromatic carbocycles. The van der Waals surface area contributed by atoms with Gasteiger partial charge in [-0.05, 0) is 49.0 Å². The van der Waals surface area contributed by atoms with Gasteiger partial charge in [0.2, 0.25) is 0 Å². The summed E-state index contributed by atoms with van der Waals surface area (Å²) in [4.78, 5) is 1.56. The van der Waals surface area contributed by atoms with E-state index >= 15 is 0 Å². The van der Waals surface area contributed by atoms with Crippen molar-refractivity contribution in [3.8, 4) is 0 Å². The first kappa shape index (κ1) is 10.8. The minimum absolute atomic E-state index is 0.673. The first-order valence-corrected chi connectivity index (χ1v) is 7.56. The van der Waals surface area contributed by atoms with Crippen molar-refractivity contribution in [2.24, 2.45) is 11.8 Å². The second-order valence-corrected chi connectivity index (χ2v) is 6.37. The molecule has 88 valence electrons. The maximum atomic E-state index is 3.90. The second-order valence-electron chi connectivity index (χ2n) is 5.39. The van der Waals surface area contributed by atoms with Gasteiger partial charge in [0.1, 0.15) is 0 Å². The van der Waals surface area contributed by atoms with Gasteiger partial charge in [0.15, 0.2) is 0 Å². The van der Waals surface area contributed by atoms with Crippen molar-refractivity contribution in [3.63, 3.8) is 0 Å². The third-order valence-corrected chi connectivity index (χ3v) is 4.87. The average Bonchev–Trinajstić information content (AvgIpc) is 3.17. The normalized spacial score (nSPS) is 30.3. The third-order valence-electron chi connectivity index (χ3n) is 3.92. The molecule has 1 nitrogen and oxygen atoms in total. The molecule has 0 spiro atoms. The Bertz CT molecular complexity index is 329. The molecule has 0 amide bonds. The number of rotatable bonds is 6. The van der Waals surface area contributed by atoms with E-state index in [1.54, 1.807) is 4.88 Å². The fourth-order valence-corrected chi connectivity index (χ4v) is 3.60. The number of hydrogen-bond donors (Lipinski definition) is 1. The van der Waals surface area contributed by atoms with Crippen molar-refractivity contribution < 1.29 is 0 Å². The highest BCUT2D eigenvalue weighted by atomic mass is 32.1. The molecule has 2 aliphatic carbocycles. The Morgan fingerprint density at radius 2 is 2.38 bits per heavy atom. The van der Waals surface area contributed by atoms with Crippen LogP contribution in [0.1, 0.15) is 49.9 Å². The zero-order valence-electron chi connectivity index (χ0n) is 9.99. The molecule has 1 aromatic heterocycles. The molecule has 1 aromatic rings. The van der Waals surface area contributed by atoms with Crippen molar-refractivity contribution in [2.75, 3.05) is 0 Å². The molecule has 0 saturated heterocycles. The van der Waals surface area contributed by atoms with Gasteiger partial charge < -0.3 is 5.32 Å². The number of thiophene rings is 1. The SMILES string of the molecule is CCCC1CC1NC(c1cccs1)C1CC1. The fourth-order valence-electron chi connectivity index (χ4n) is 2.72. The summed E-state index contributed by atoms with van der Waals surface area (Å²) >= 11 is 1.92. The molecule has 16 heavy (non-hydrogen) atoms. The minimum atomic E-state index is 0.673. The van der Waals surface area contributed by atoms with Gasteiger partial charge in [0.05, 0.1) is 0 Å². The Hall–Kier alpha value is -0.340. The summed E-state index contributed by atoms with van der Waals surface area (Å²) < 4.78 is 0. The summed E-state index contributed by atoms with van der Waals surface area (Å²) in [6.45, 7) is 2.30. The van der Waals surface area contributed by atoms with Crippen LogP contribution in [0.5, 0.6) is 0 Å². The lowest BCUT2D eigenvalue weighted by atomic mass is 10.1. The predicted octanol–water partition coefficient (Wildman–Crippen LogP) is 3.98. The molecule has 0 aliphatic heterocycles. The van der Waals surface area contributed by atoms with E-state index in [1.807, 2.05) is 11.3 Å². The lowest BCUT2D eigenvalue weighted by Gasteiger charge is -2.16. The van der Waals surface area contributed by atoms with Gasteiger partial charge in [-0.25, -0.2) is 0 Å². The number of nitrogens with one attached hydrogen (secondary N) is 1. The molecule has 1 heterocycles. The Kier molecular flexibility index (Phi) is 3.03. The first-order valence-electron chi connectivity index (χ1n) is 6.68. The molecule has 0 radical (unpaired) electrons. The van der Waals surface area contributed by atoms with Crippen molar-refractivity contribution in [1.82, 2.24) is 5.32 Å². The topological polar surface area (TPSA) is 12.0 Å². The van der Waals surface area contributed by atoms with Crippen molar-refractivity contribution in [1.29, 1.82) is 0 Å². The van der Waals surface area contributed by atoms with E-state index in [9.17, 15) is 0 Å². The molecule has 1 N–H and O–H groups in total. The minimum Gasteiger partial charge on any atom is -0.306 e. The van der Waals surface area contributed by atoms with Crippen LogP contribution in [0, 0.1) is 11.8 Å². The zero-order valence-corrected chi connectivity index (χ0v) is 10.8. The van der Waals surface area contributed by atoms with Gasteiger partial charge in [-0.2, -0.15) is 0 Å². The zero-order chi connectivity index (χ0) is 11.0. The van der Waals surface area contributed by atoms with Crippen LogP contribution in [0.3, 0.4) is 0 Å². The molecule has 2 heteroatoms. The Morgan fingerprint density at radius 3 is 3.00 bits per heavy atom. The smallest absolute Gasteiger partial charge is 0.0445 e. The summed E-state index contributed by atoms with van der Waals surface area (Å²) in [5.41, 5.74) is 0. The maximum absolute atomic E-state index is 3.90. The molecule has 2 fully saturated rings. The third kappa shape index (κ3) is 2.33. The van der Waals surface area contributed by atoms with Crippen molar-refractivity contribution in [2.45, 2.75) is 51.1 Å². The largest absolute Gasteiger partial charge is 0.306 e. The molecule has 3 unspecified atom stereocenters. The molecule has 0 bridgehead atoms. The Balaban J connectivity index is 1.59. The first-order chi connectivity index (χ1) is 7.88. The van der Waals surface area contributed by atoms with Gasteiger partial charge in [-0.3, -0.25) is 0 Å². The van der Waals surface area contributed by atoms with E-state index in [4.69, 9.17) is 0 Å². The van der Waals surface area contributed by atoms with Crippen LogP contribution in [0.4, 0.5) is 0 Å². The quantitative estimate of drug-likeness (QED) is 0.786. The molecule has 2 saturated carbocycles. The van der Waals surface area contributed by atoms with Crippen LogP contribution in [0.2, 0.25) is 0 Å². The monoisotopic (exact) mass is 235 g/mol. The Morgan fingerprint density at radius 1 is 1.50 bits per heavy atom. The van der Waals surface area contributed by atoms with E-state index < -0.39 is 0 Å². The fraction of sp³-hybridized carbons (Fsp3) is 0.714. The van der Waals surface area contributed by atoms with E-state index in [0.29, 0.717) is 6.04 Å². The summed E-state index contributed by atoms with van der Waals surface area (Å²) in [6.07, 6.45) is 7.04. The summed E-state index contributed by atoms with van der Waals surface area (Å²) in [6, 6.07) is 5.99. The van der Waals surface area contributed by atoms with E-state index in [1.165, 1.54) is 32.1 Å². The van der Waals surface area contributed by atoms with Crippen LogP contribution in [-0.2, 0) is 0 Å². The standard InChI is InChI=1S/C14H21NS/c1-2-4-11-9-12(11)15-14(10-6-7-10)13-5-3-8-16-13/h3,5,8,10-12,14-15H,2,4,6-7,9H2,1H3. The predicted molar refractivity (Wildman–Crippen MR) is 69.7 cm³/mol. The summed E-state index contributed by atoms with van der Waals surface area (Å²) in [5, 5.41) is 6.11. The van der Waals surface area contributed by atoms with E-state index in [2.05, 4.69) is 29.8 Å². The van der Waals surface area contributed by atoms with Crippen LogP contribution in [-0.4, -0.2) is 6.04 Å². The lowest BCUT2D eigenvalue weighted by molar-refractivity contribution is 0.464. The van der Waals surface area contributed by atoms with Crippen LogP contribution >= 0.6 is 11.3 Å². The van der Waals surface area contributed by atoms with Gasteiger partial charge >= 0.3 is 0 Å². The highest BCUT2D eigenvalue weighted by Gasteiger charge is 2.41. The van der Waals surface area contributed by atoms with E-state index in [0.717, 1.165) is 17.9 Å². The Labute approximate surface area is 102 Å². The second kappa shape index (κ2) is 4.50. The molecule has 2 aliphatic rings. The van der Waals surface area contributed by atoms with Crippen LogP contribution in [0.15, 0.2) is 17.5 Å². The molecular weight excluding hydrogens is 214 g/mol. The summed E-state index contributed by atoms with van der Waals surface area (Å²) in [5.74, 6) is 1.91. The van der Waals surface area contributed by atoms with Crippen molar-refractivity contribution >= 4 is 11.3 Å². The highest BCUT2D eigenvalue weighted by molar-refractivity contribution is 7.10. The van der Waals surface area contributed by atoms with Gasteiger partial charge in [-0.15, -0.1) is 11.3 Å². The van der Waals surface area contributed by atoms with E-state index in [-0.39, 0.29) is 0 Å². The van der Waals surface area contributed by atoms with Crippen molar-refractivity contribution in [3.05, 3.63) is 22.4 Å². The van der Waals surface area contributed by atoms with Gasteiger partial charge in [-0.1, -0.05) is 19.4 Å².